The highest BCUT2D eigenvalue weighted by Gasteiger charge is 2.01. The van der Waals surface area contributed by atoms with Crippen LogP contribution in [0.25, 0.3) is 0 Å². The molecule has 0 aromatic rings. The molecule has 0 atom stereocenters. The molecule has 0 aromatic carbocycles. The molecule has 0 aliphatic heterocycles. The van der Waals surface area contributed by atoms with Crippen LogP contribution in [-0.2, 0) is 0 Å². The summed E-state index contributed by atoms with van der Waals surface area (Å²) in [7, 11) is 0. The van der Waals surface area contributed by atoms with E-state index in [1.54, 1.807) is 0 Å². The Labute approximate surface area is 145 Å². The fourth-order valence-corrected chi connectivity index (χ4v) is 2.93. The fourth-order valence-electron chi connectivity index (χ4n) is 2.93. The van der Waals surface area contributed by atoms with Crippen LogP contribution in [0.5, 0.6) is 0 Å². The molecule has 0 saturated heterocycles. The van der Waals surface area contributed by atoms with Gasteiger partial charge in [-0.25, -0.2) is 0 Å². The minimum absolute atomic E-state index is 0.739. The van der Waals surface area contributed by atoms with Gasteiger partial charge in [0.15, 0.2) is 0 Å². The Morgan fingerprint density at radius 2 is 1.09 bits per heavy atom. The van der Waals surface area contributed by atoms with E-state index in [0.717, 1.165) is 32.7 Å². The standard InChI is InChI=1S/C20H43N3/c1-2-3-4-5-6-7-8-9-10-11-12-13-14-15-18-23(19-16-21)20-17-22/h9-10H,2-8,11-22H2,1H3/b10-9+. The number of allylic oxidation sites excluding steroid dienone is 2. The summed E-state index contributed by atoms with van der Waals surface area (Å²) < 4.78 is 0. The molecule has 0 rings (SSSR count). The van der Waals surface area contributed by atoms with Crippen LogP contribution in [0.3, 0.4) is 0 Å². The molecule has 0 saturated carbocycles. The molecular weight excluding hydrogens is 282 g/mol. The minimum Gasteiger partial charge on any atom is -0.329 e. The predicted octanol–water partition coefficient (Wildman–Crippen LogP) is 4.46. The van der Waals surface area contributed by atoms with Crippen LogP contribution in [0, 0.1) is 0 Å². The molecule has 0 bridgehead atoms. The number of nitrogens with two attached hydrogens (primary N) is 2. The quantitative estimate of drug-likeness (QED) is 0.289. The van der Waals surface area contributed by atoms with Crippen LogP contribution >= 0.6 is 0 Å². The lowest BCUT2D eigenvalue weighted by molar-refractivity contribution is 0.281. The van der Waals surface area contributed by atoms with Crippen molar-refractivity contribution in [3.8, 4) is 0 Å². The second-order valence-corrected chi connectivity index (χ2v) is 6.65. The van der Waals surface area contributed by atoms with E-state index in [0.29, 0.717) is 0 Å². The van der Waals surface area contributed by atoms with Crippen molar-refractivity contribution in [1.29, 1.82) is 0 Å². The summed E-state index contributed by atoms with van der Waals surface area (Å²) in [5.74, 6) is 0. The molecule has 0 spiro atoms. The van der Waals surface area contributed by atoms with Crippen LogP contribution < -0.4 is 11.5 Å². The van der Waals surface area contributed by atoms with E-state index in [4.69, 9.17) is 11.5 Å². The van der Waals surface area contributed by atoms with Crippen LogP contribution in [0.15, 0.2) is 12.2 Å². The molecule has 0 heterocycles. The van der Waals surface area contributed by atoms with E-state index in [-0.39, 0.29) is 0 Å². The summed E-state index contributed by atoms with van der Waals surface area (Å²) in [6, 6.07) is 0. The van der Waals surface area contributed by atoms with E-state index in [1.807, 2.05) is 0 Å². The highest BCUT2D eigenvalue weighted by atomic mass is 15.1. The molecule has 3 heteroatoms. The third-order valence-corrected chi connectivity index (χ3v) is 4.38. The molecule has 4 N–H and O–H groups in total. The van der Waals surface area contributed by atoms with E-state index >= 15 is 0 Å². The minimum atomic E-state index is 0.739. The Balaban J connectivity index is 3.26. The van der Waals surface area contributed by atoms with Crippen molar-refractivity contribution in [2.24, 2.45) is 11.5 Å². The van der Waals surface area contributed by atoms with Gasteiger partial charge in [0.25, 0.3) is 0 Å². The topological polar surface area (TPSA) is 55.3 Å². The Morgan fingerprint density at radius 1 is 0.609 bits per heavy atom. The van der Waals surface area contributed by atoms with Crippen LogP contribution in [-0.4, -0.2) is 37.6 Å². The maximum atomic E-state index is 5.62. The maximum Gasteiger partial charge on any atom is 0.0105 e. The molecule has 0 aromatic heterocycles. The van der Waals surface area contributed by atoms with Crippen LogP contribution in [0.1, 0.15) is 84.0 Å². The Bertz CT molecular complexity index is 235. The van der Waals surface area contributed by atoms with Gasteiger partial charge in [-0.15, -0.1) is 0 Å². The Hall–Kier alpha value is -0.380. The predicted molar refractivity (Wildman–Crippen MR) is 105 cm³/mol. The average Bonchev–Trinajstić information content (AvgIpc) is 2.55. The first-order valence-corrected chi connectivity index (χ1v) is 10.1. The van der Waals surface area contributed by atoms with Crippen molar-refractivity contribution in [2.45, 2.75) is 84.0 Å². The molecule has 23 heavy (non-hydrogen) atoms. The lowest BCUT2D eigenvalue weighted by Gasteiger charge is -2.20. The SMILES string of the molecule is CCCCCCCC/C=C/CCCCCCN(CCN)CCN. The normalized spacial score (nSPS) is 11.8. The summed E-state index contributed by atoms with van der Waals surface area (Å²) in [4.78, 5) is 2.39. The van der Waals surface area contributed by atoms with E-state index in [9.17, 15) is 0 Å². The highest BCUT2D eigenvalue weighted by Crippen LogP contribution is 2.08. The van der Waals surface area contributed by atoms with Gasteiger partial charge < -0.3 is 16.4 Å². The third-order valence-electron chi connectivity index (χ3n) is 4.38. The zero-order valence-corrected chi connectivity index (χ0v) is 15.8. The number of hydrogen-bond donors (Lipinski definition) is 2. The highest BCUT2D eigenvalue weighted by molar-refractivity contribution is 4.81. The van der Waals surface area contributed by atoms with E-state index in [1.165, 1.54) is 77.0 Å². The van der Waals surface area contributed by atoms with Crippen molar-refractivity contribution >= 4 is 0 Å². The molecule has 0 radical (unpaired) electrons. The van der Waals surface area contributed by atoms with Gasteiger partial charge in [-0.3, -0.25) is 0 Å². The smallest absolute Gasteiger partial charge is 0.0105 e. The number of rotatable bonds is 18. The van der Waals surface area contributed by atoms with Gasteiger partial charge in [0.2, 0.25) is 0 Å². The second kappa shape index (κ2) is 19.7. The summed E-state index contributed by atoms with van der Waals surface area (Å²) in [5.41, 5.74) is 11.2. The molecule has 0 aliphatic rings. The van der Waals surface area contributed by atoms with Crippen molar-refractivity contribution in [1.82, 2.24) is 4.90 Å². The Morgan fingerprint density at radius 3 is 1.61 bits per heavy atom. The third kappa shape index (κ3) is 17.8. The first kappa shape index (κ1) is 22.6. The van der Waals surface area contributed by atoms with E-state index < -0.39 is 0 Å². The number of nitrogens with zero attached hydrogens (tertiary/aromatic N) is 1. The van der Waals surface area contributed by atoms with Crippen molar-refractivity contribution in [3.05, 3.63) is 12.2 Å². The first-order valence-electron chi connectivity index (χ1n) is 10.1. The zero-order chi connectivity index (χ0) is 17.0. The summed E-state index contributed by atoms with van der Waals surface area (Å²) in [6.07, 6.45) is 21.0. The largest absolute Gasteiger partial charge is 0.329 e. The molecule has 0 unspecified atom stereocenters. The molecule has 0 aliphatic carbocycles. The summed E-state index contributed by atoms with van der Waals surface area (Å²) >= 11 is 0. The van der Waals surface area contributed by atoms with Gasteiger partial charge in [-0.2, -0.15) is 0 Å². The molecule has 0 amide bonds. The zero-order valence-electron chi connectivity index (χ0n) is 15.8. The summed E-state index contributed by atoms with van der Waals surface area (Å²) in [5, 5.41) is 0. The van der Waals surface area contributed by atoms with Crippen molar-refractivity contribution in [2.75, 3.05) is 32.7 Å². The van der Waals surface area contributed by atoms with Crippen LogP contribution in [0.2, 0.25) is 0 Å². The van der Waals surface area contributed by atoms with Crippen LogP contribution in [0.4, 0.5) is 0 Å². The molecule has 138 valence electrons. The van der Waals surface area contributed by atoms with Gasteiger partial charge in [0.1, 0.15) is 0 Å². The van der Waals surface area contributed by atoms with Gasteiger partial charge in [-0.1, -0.05) is 64.0 Å². The number of unbranched alkanes of at least 4 members (excludes halogenated alkanes) is 10. The maximum absolute atomic E-state index is 5.62. The van der Waals surface area contributed by atoms with Crippen molar-refractivity contribution < 1.29 is 0 Å². The molecule has 3 nitrogen and oxygen atoms in total. The van der Waals surface area contributed by atoms with Gasteiger partial charge >= 0.3 is 0 Å². The van der Waals surface area contributed by atoms with Crippen molar-refractivity contribution in [3.63, 3.8) is 0 Å². The monoisotopic (exact) mass is 325 g/mol. The van der Waals surface area contributed by atoms with E-state index in [2.05, 4.69) is 24.0 Å². The fraction of sp³-hybridized carbons (Fsp3) is 0.900. The van der Waals surface area contributed by atoms with Gasteiger partial charge in [0, 0.05) is 26.2 Å². The first-order chi connectivity index (χ1) is 11.3. The van der Waals surface area contributed by atoms with Gasteiger partial charge in [-0.05, 0) is 38.6 Å². The summed E-state index contributed by atoms with van der Waals surface area (Å²) in [6.45, 7) is 6.88. The molecule has 0 fully saturated rings. The molecular formula is C20H43N3. The average molecular weight is 326 g/mol. The Kier molecular flexibility index (Phi) is 19.3. The second-order valence-electron chi connectivity index (χ2n) is 6.65. The number of hydrogen-bond acceptors (Lipinski definition) is 3. The lowest BCUT2D eigenvalue weighted by atomic mass is 10.1. The lowest BCUT2D eigenvalue weighted by Crippen LogP contribution is -2.34. The van der Waals surface area contributed by atoms with Gasteiger partial charge in [0.05, 0.1) is 0 Å².